The van der Waals surface area contributed by atoms with Crippen molar-refractivity contribution in [1.29, 1.82) is 0 Å². The summed E-state index contributed by atoms with van der Waals surface area (Å²) < 4.78 is 16.0. The Labute approximate surface area is 190 Å². The fraction of sp³-hybridized carbons (Fsp3) is 0.125. The molecule has 7 nitrogen and oxygen atoms in total. The molecule has 0 spiro atoms. The number of amides is 1. The minimum Gasteiger partial charge on any atom is -0.493 e. The molecule has 8 heteroatoms. The number of hydrogen-bond acceptors (Lipinski definition) is 7. The van der Waals surface area contributed by atoms with Gasteiger partial charge in [0.1, 0.15) is 5.76 Å². The topological polar surface area (TPSA) is 76.6 Å². The van der Waals surface area contributed by atoms with Gasteiger partial charge >= 0.3 is 0 Å². The molecular formula is C24H21N3O4S. The van der Waals surface area contributed by atoms with Gasteiger partial charge in [-0.05, 0) is 59.3 Å². The summed E-state index contributed by atoms with van der Waals surface area (Å²) in [5, 5.41) is 9.00. The molecule has 2 heterocycles. The standard InChI is InChI=1S/C24H21N3O4S/c1-29-20-11-10-18(13-21(20)30-2)15-25-26-24-27(16-19-9-6-12-31-19)23(28)22(32-24)14-17-7-4-3-5-8-17/h3-15H,16H2,1-2H3/b22-14-,25-15+,26-24-. The number of rotatable bonds is 7. The zero-order valence-electron chi connectivity index (χ0n) is 17.6. The van der Waals surface area contributed by atoms with E-state index in [9.17, 15) is 4.79 Å². The summed E-state index contributed by atoms with van der Waals surface area (Å²) in [4.78, 5) is 15.2. The van der Waals surface area contributed by atoms with Crippen molar-refractivity contribution >= 4 is 35.1 Å². The number of carbonyl (C=O) groups excluding carboxylic acids is 1. The average Bonchev–Trinajstić information content (AvgIpc) is 3.44. The van der Waals surface area contributed by atoms with Gasteiger partial charge < -0.3 is 13.9 Å². The third kappa shape index (κ3) is 4.92. The summed E-state index contributed by atoms with van der Waals surface area (Å²) in [5.74, 6) is 1.75. The SMILES string of the molecule is COc1ccc(/C=N/N=C2\S/C(=C\c3ccccc3)C(=O)N2Cc2ccco2)cc1OC. The number of amidine groups is 1. The van der Waals surface area contributed by atoms with Gasteiger partial charge in [-0.25, -0.2) is 0 Å². The molecule has 0 N–H and O–H groups in total. The first kappa shape index (κ1) is 21.5. The highest BCUT2D eigenvalue weighted by atomic mass is 32.2. The van der Waals surface area contributed by atoms with E-state index in [-0.39, 0.29) is 12.5 Å². The van der Waals surface area contributed by atoms with Gasteiger partial charge in [-0.1, -0.05) is 30.3 Å². The molecule has 1 aliphatic heterocycles. The molecule has 1 aliphatic rings. The van der Waals surface area contributed by atoms with Crippen molar-refractivity contribution in [2.45, 2.75) is 6.54 Å². The third-order valence-corrected chi connectivity index (χ3v) is 5.63. The van der Waals surface area contributed by atoms with Crippen LogP contribution in [0.4, 0.5) is 0 Å². The quantitative estimate of drug-likeness (QED) is 0.295. The van der Waals surface area contributed by atoms with E-state index < -0.39 is 0 Å². The molecule has 0 aliphatic carbocycles. The summed E-state index contributed by atoms with van der Waals surface area (Å²) in [6.45, 7) is 0.273. The second-order valence-corrected chi connectivity index (χ2v) is 7.74. The molecule has 2 aromatic carbocycles. The Balaban J connectivity index is 1.60. The van der Waals surface area contributed by atoms with Crippen molar-refractivity contribution in [2.24, 2.45) is 10.2 Å². The smallest absolute Gasteiger partial charge is 0.267 e. The predicted octanol–water partition coefficient (Wildman–Crippen LogP) is 4.80. The van der Waals surface area contributed by atoms with Crippen molar-refractivity contribution in [3.05, 3.63) is 88.7 Å². The molecular weight excluding hydrogens is 426 g/mol. The van der Waals surface area contributed by atoms with E-state index in [0.717, 1.165) is 11.1 Å². The van der Waals surface area contributed by atoms with Gasteiger partial charge in [-0.2, -0.15) is 5.10 Å². The summed E-state index contributed by atoms with van der Waals surface area (Å²) in [6, 6.07) is 18.7. The first-order valence-electron chi connectivity index (χ1n) is 9.80. The normalized spacial score (nSPS) is 16.4. The minimum absolute atomic E-state index is 0.143. The number of hydrogen-bond donors (Lipinski definition) is 0. The first-order chi connectivity index (χ1) is 15.7. The van der Waals surface area contributed by atoms with Gasteiger partial charge in [0, 0.05) is 0 Å². The number of methoxy groups -OCH3 is 2. The Morgan fingerprint density at radius 1 is 1.00 bits per heavy atom. The van der Waals surface area contributed by atoms with E-state index in [0.29, 0.717) is 27.3 Å². The molecule has 4 rings (SSSR count). The van der Waals surface area contributed by atoms with E-state index in [4.69, 9.17) is 13.9 Å². The summed E-state index contributed by atoms with van der Waals surface area (Å²) in [5.41, 5.74) is 1.73. The number of carbonyl (C=O) groups is 1. The van der Waals surface area contributed by atoms with Crippen molar-refractivity contribution in [3.8, 4) is 11.5 Å². The molecule has 3 aromatic rings. The van der Waals surface area contributed by atoms with Crippen LogP contribution < -0.4 is 9.47 Å². The molecule has 0 bridgehead atoms. The van der Waals surface area contributed by atoms with Crippen LogP contribution in [0.25, 0.3) is 6.08 Å². The van der Waals surface area contributed by atoms with Crippen LogP contribution in [0.15, 0.2) is 86.5 Å². The molecule has 32 heavy (non-hydrogen) atoms. The Morgan fingerprint density at radius 2 is 1.81 bits per heavy atom. The van der Waals surface area contributed by atoms with Crippen LogP contribution in [0, 0.1) is 0 Å². The van der Waals surface area contributed by atoms with Crippen molar-refractivity contribution < 1.29 is 18.7 Å². The number of ether oxygens (including phenoxy) is 2. The summed E-state index contributed by atoms with van der Waals surface area (Å²) in [6.07, 6.45) is 5.03. The van der Waals surface area contributed by atoms with Gasteiger partial charge in [0.05, 0.1) is 38.1 Å². The number of benzene rings is 2. The maximum atomic E-state index is 13.1. The maximum absolute atomic E-state index is 13.1. The lowest BCUT2D eigenvalue weighted by Gasteiger charge is -2.12. The Hall–Kier alpha value is -3.78. The van der Waals surface area contributed by atoms with Gasteiger partial charge in [0.15, 0.2) is 16.7 Å². The zero-order valence-corrected chi connectivity index (χ0v) is 18.4. The fourth-order valence-corrected chi connectivity index (χ4v) is 3.99. The van der Waals surface area contributed by atoms with E-state index in [2.05, 4.69) is 10.2 Å². The Morgan fingerprint density at radius 3 is 2.53 bits per heavy atom. The van der Waals surface area contributed by atoms with Crippen LogP contribution in [0.1, 0.15) is 16.9 Å². The largest absolute Gasteiger partial charge is 0.493 e. The van der Waals surface area contributed by atoms with Crippen molar-refractivity contribution in [2.75, 3.05) is 14.2 Å². The van der Waals surface area contributed by atoms with Gasteiger partial charge in [-0.3, -0.25) is 9.69 Å². The van der Waals surface area contributed by atoms with Crippen LogP contribution in [0.3, 0.4) is 0 Å². The lowest BCUT2D eigenvalue weighted by molar-refractivity contribution is -0.122. The second kappa shape index (κ2) is 10.0. The van der Waals surface area contributed by atoms with Gasteiger partial charge in [0.2, 0.25) is 0 Å². The molecule has 1 saturated heterocycles. The van der Waals surface area contributed by atoms with Gasteiger partial charge in [0.25, 0.3) is 5.91 Å². The number of nitrogens with zero attached hydrogens (tertiary/aromatic N) is 3. The van der Waals surface area contributed by atoms with E-state index >= 15 is 0 Å². The molecule has 1 aromatic heterocycles. The van der Waals surface area contributed by atoms with Crippen LogP contribution in [-0.2, 0) is 11.3 Å². The Kier molecular flexibility index (Phi) is 6.72. The van der Waals surface area contributed by atoms with Crippen molar-refractivity contribution in [3.63, 3.8) is 0 Å². The highest BCUT2D eigenvalue weighted by Gasteiger charge is 2.34. The molecule has 1 amide bonds. The lowest BCUT2D eigenvalue weighted by Crippen LogP contribution is -2.28. The van der Waals surface area contributed by atoms with Crippen LogP contribution in [0.2, 0.25) is 0 Å². The molecule has 1 fully saturated rings. The third-order valence-electron chi connectivity index (χ3n) is 4.64. The highest BCUT2D eigenvalue weighted by molar-refractivity contribution is 8.18. The predicted molar refractivity (Wildman–Crippen MR) is 126 cm³/mol. The summed E-state index contributed by atoms with van der Waals surface area (Å²) >= 11 is 1.28. The lowest BCUT2D eigenvalue weighted by atomic mass is 10.2. The van der Waals surface area contributed by atoms with Crippen LogP contribution >= 0.6 is 11.8 Å². The monoisotopic (exact) mass is 447 g/mol. The molecule has 162 valence electrons. The van der Waals surface area contributed by atoms with Crippen molar-refractivity contribution in [1.82, 2.24) is 4.90 Å². The molecule has 0 unspecified atom stereocenters. The number of furan rings is 1. The van der Waals surface area contributed by atoms with E-state index in [1.165, 1.54) is 11.8 Å². The molecule has 0 radical (unpaired) electrons. The van der Waals surface area contributed by atoms with Gasteiger partial charge in [-0.15, -0.1) is 5.10 Å². The van der Waals surface area contributed by atoms with E-state index in [1.54, 1.807) is 49.8 Å². The minimum atomic E-state index is -0.143. The Bertz CT molecular complexity index is 1170. The van der Waals surface area contributed by atoms with Crippen LogP contribution in [0.5, 0.6) is 11.5 Å². The second-order valence-electron chi connectivity index (χ2n) is 6.73. The first-order valence-corrected chi connectivity index (χ1v) is 10.6. The fourth-order valence-electron chi connectivity index (χ4n) is 3.06. The van der Waals surface area contributed by atoms with E-state index in [1.807, 2.05) is 48.5 Å². The zero-order chi connectivity index (χ0) is 22.3. The van der Waals surface area contributed by atoms with Crippen LogP contribution in [-0.4, -0.2) is 36.4 Å². The molecule has 0 atom stereocenters. The molecule has 0 saturated carbocycles. The number of thioether (sulfide) groups is 1. The summed E-state index contributed by atoms with van der Waals surface area (Å²) in [7, 11) is 3.16. The maximum Gasteiger partial charge on any atom is 0.267 e. The average molecular weight is 448 g/mol. The highest BCUT2D eigenvalue weighted by Crippen LogP contribution is 2.34.